The zero-order valence-corrected chi connectivity index (χ0v) is 7.34. The van der Waals surface area contributed by atoms with Crippen LogP contribution in [-0.4, -0.2) is 32.0 Å². The van der Waals surface area contributed by atoms with Gasteiger partial charge in [0.1, 0.15) is 5.92 Å². The molecule has 1 unspecified atom stereocenters. The summed E-state index contributed by atoms with van der Waals surface area (Å²) in [6.45, 7) is 0.0685. The Morgan fingerprint density at radius 1 is 1.79 bits per heavy atom. The van der Waals surface area contributed by atoms with E-state index in [1.807, 2.05) is 0 Å². The van der Waals surface area contributed by atoms with Crippen molar-refractivity contribution in [1.29, 1.82) is 0 Å². The number of aromatic nitrogens is 3. The average molecular weight is 194 g/mol. The zero-order chi connectivity index (χ0) is 10.1. The number of nitrogens with two attached hydrogens (primary N) is 1. The smallest absolute Gasteiger partial charge is 0.313 e. The number of carbonyl (C=O) groups is 1. The lowest BCUT2D eigenvalue weighted by molar-refractivity contribution is -0.138. The van der Waals surface area contributed by atoms with Gasteiger partial charge in [-0.15, -0.1) is 0 Å². The second kappa shape index (κ2) is 3.15. The van der Waals surface area contributed by atoms with Crippen LogP contribution in [0.5, 0.6) is 0 Å². The molecule has 0 fully saturated rings. The molecule has 0 amide bonds. The van der Waals surface area contributed by atoms with Crippen LogP contribution in [0.15, 0.2) is 18.6 Å². The summed E-state index contributed by atoms with van der Waals surface area (Å²) in [5.74, 6) is -1.01. The molecule has 2 aromatic rings. The molecule has 2 rings (SSSR count). The van der Waals surface area contributed by atoms with Gasteiger partial charge in [0.05, 0.1) is 5.69 Å². The number of fused-ring (bicyclic) bond motifs is 1. The van der Waals surface area contributed by atoms with E-state index in [0.29, 0.717) is 11.5 Å². The van der Waals surface area contributed by atoms with Gasteiger partial charge in [0.2, 0.25) is 5.78 Å². The summed E-state index contributed by atoms with van der Waals surface area (Å²) in [5.41, 5.74) is 5.94. The summed E-state index contributed by atoms with van der Waals surface area (Å²) in [6, 6.07) is 0. The van der Waals surface area contributed by atoms with Crippen molar-refractivity contribution in [2.24, 2.45) is 5.73 Å². The lowest BCUT2D eigenvalue weighted by Gasteiger charge is -2.05. The Labute approximate surface area is 79.4 Å². The third-order valence-electron chi connectivity index (χ3n) is 2.11. The molecule has 14 heavy (non-hydrogen) atoms. The van der Waals surface area contributed by atoms with Crippen molar-refractivity contribution in [3.8, 4) is 0 Å². The van der Waals surface area contributed by atoms with Gasteiger partial charge < -0.3 is 15.8 Å². The van der Waals surface area contributed by atoms with Gasteiger partial charge in [0.25, 0.3) is 0 Å². The molecule has 0 aromatic carbocycles. The second-order valence-electron chi connectivity index (χ2n) is 2.99. The van der Waals surface area contributed by atoms with Gasteiger partial charge in [-0.2, -0.15) is 0 Å². The van der Waals surface area contributed by atoms with E-state index in [0.717, 1.165) is 0 Å². The maximum atomic E-state index is 10.8. The van der Waals surface area contributed by atoms with Gasteiger partial charge in [-0.25, -0.2) is 4.98 Å². The Balaban J connectivity index is 2.42. The molecule has 0 bridgehead atoms. The molecule has 0 aliphatic carbocycles. The SMILES string of the molecule is NCC(C(=O)O)c1cn2ccnc2[nH]1. The second-order valence-corrected chi connectivity index (χ2v) is 2.99. The molecule has 2 aromatic heterocycles. The van der Waals surface area contributed by atoms with E-state index in [2.05, 4.69) is 9.97 Å². The molecule has 4 N–H and O–H groups in total. The minimum atomic E-state index is -0.933. The van der Waals surface area contributed by atoms with Crippen molar-refractivity contribution in [2.75, 3.05) is 6.54 Å². The quantitative estimate of drug-likeness (QED) is 0.629. The molecule has 0 saturated heterocycles. The fourth-order valence-corrected chi connectivity index (χ4v) is 1.36. The minimum Gasteiger partial charge on any atom is -0.481 e. The van der Waals surface area contributed by atoms with Crippen LogP contribution in [-0.2, 0) is 4.79 Å². The molecular weight excluding hydrogens is 184 g/mol. The minimum absolute atomic E-state index is 0.0685. The fourth-order valence-electron chi connectivity index (χ4n) is 1.36. The van der Waals surface area contributed by atoms with Crippen LogP contribution >= 0.6 is 0 Å². The normalized spacial score (nSPS) is 13.2. The summed E-state index contributed by atoms with van der Waals surface area (Å²) >= 11 is 0. The third kappa shape index (κ3) is 1.25. The molecule has 1 atom stereocenters. The maximum absolute atomic E-state index is 10.8. The fraction of sp³-hybridized carbons (Fsp3) is 0.250. The van der Waals surface area contributed by atoms with E-state index in [1.165, 1.54) is 0 Å². The summed E-state index contributed by atoms with van der Waals surface area (Å²) < 4.78 is 1.72. The first-order valence-electron chi connectivity index (χ1n) is 4.17. The van der Waals surface area contributed by atoms with Crippen molar-refractivity contribution in [2.45, 2.75) is 5.92 Å². The van der Waals surface area contributed by atoms with Crippen LogP contribution in [0.4, 0.5) is 0 Å². The van der Waals surface area contributed by atoms with Gasteiger partial charge in [-0.1, -0.05) is 0 Å². The lowest BCUT2D eigenvalue weighted by atomic mass is 10.1. The predicted octanol–water partition coefficient (Wildman–Crippen LogP) is -0.211. The van der Waals surface area contributed by atoms with Crippen LogP contribution in [0.25, 0.3) is 5.78 Å². The number of rotatable bonds is 3. The van der Waals surface area contributed by atoms with E-state index >= 15 is 0 Å². The van der Waals surface area contributed by atoms with Crippen LogP contribution in [0.1, 0.15) is 11.6 Å². The Morgan fingerprint density at radius 3 is 3.14 bits per heavy atom. The lowest BCUT2D eigenvalue weighted by Crippen LogP contribution is -2.21. The molecule has 74 valence electrons. The number of H-pyrrole nitrogens is 1. The van der Waals surface area contributed by atoms with Crippen molar-refractivity contribution >= 4 is 11.7 Å². The number of carboxylic acids is 1. The van der Waals surface area contributed by atoms with Crippen molar-refractivity contribution in [1.82, 2.24) is 14.4 Å². The van der Waals surface area contributed by atoms with Crippen molar-refractivity contribution in [3.63, 3.8) is 0 Å². The van der Waals surface area contributed by atoms with Crippen LogP contribution in [0.3, 0.4) is 0 Å². The van der Waals surface area contributed by atoms with Gasteiger partial charge in [0, 0.05) is 25.1 Å². The number of nitrogens with zero attached hydrogens (tertiary/aromatic N) is 2. The first-order valence-corrected chi connectivity index (χ1v) is 4.17. The van der Waals surface area contributed by atoms with Crippen molar-refractivity contribution < 1.29 is 9.90 Å². The van der Waals surface area contributed by atoms with E-state index in [4.69, 9.17) is 10.8 Å². The molecule has 0 aliphatic rings. The summed E-state index contributed by atoms with van der Waals surface area (Å²) in [4.78, 5) is 17.7. The molecular formula is C8H10N4O2. The predicted molar refractivity (Wildman–Crippen MR) is 49.0 cm³/mol. The Bertz CT molecular complexity index is 430. The molecule has 6 heteroatoms. The molecule has 0 spiro atoms. The van der Waals surface area contributed by atoms with Crippen molar-refractivity contribution in [3.05, 3.63) is 24.3 Å². The standard InChI is InChI=1S/C8H10N4O2/c9-3-5(7(13)14)6-4-12-2-1-10-8(12)11-6/h1-2,4-5H,3,9H2,(H,10,11)(H,13,14). The van der Waals surface area contributed by atoms with Gasteiger partial charge in [-0.05, 0) is 0 Å². The number of hydrogen-bond donors (Lipinski definition) is 3. The van der Waals surface area contributed by atoms with Crippen LogP contribution in [0, 0.1) is 0 Å². The molecule has 0 aliphatic heterocycles. The summed E-state index contributed by atoms with van der Waals surface area (Å²) in [6.07, 6.45) is 5.06. The molecule has 6 nitrogen and oxygen atoms in total. The average Bonchev–Trinajstić information content (AvgIpc) is 2.63. The van der Waals surface area contributed by atoms with Gasteiger partial charge in [0.15, 0.2) is 0 Å². The number of aromatic amines is 1. The largest absolute Gasteiger partial charge is 0.481 e. The highest BCUT2D eigenvalue weighted by Gasteiger charge is 2.20. The molecule has 0 radical (unpaired) electrons. The highest BCUT2D eigenvalue weighted by molar-refractivity contribution is 5.75. The number of aliphatic carboxylic acids is 1. The highest BCUT2D eigenvalue weighted by atomic mass is 16.4. The van der Waals surface area contributed by atoms with Gasteiger partial charge >= 0.3 is 5.97 Å². The van der Waals surface area contributed by atoms with E-state index in [9.17, 15) is 4.79 Å². The number of carboxylic acid groups (broad SMARTS) is 1. The van der Waals surface area contributed by atoms with Gasteiger partial charge in [-0.3, -0.25) is 9.20 Å². The Hall–Kier alpha value is -1.82. The highest BCUT2D eigenvalue weighted by Crippen LogP contribution is 2.14. The van der Waals surface area contributed by atoms with E-state index < -0.39 is 11.9 Å². The first-order chi connectivity index (χ1) is 6.72. The topological polar surface area (TPSA) is 96.4 Å². The zero-order valence-electron chi connectivity index (χ0n) is 7.34. The maximum Gasteiger partial charge on any atom is 0.313 e. The third-order valence-corrected chi connectivity index (χ3v) is 2.11. The Kier molecular flexibility index (Phi) is 1.97. The first kappa shape index (κ1) is 8.76. The van der Waals surface area contributed by atoms with Crippen LogP contribution in [0.2, 0.25) is 0 Å². The molecule has 2 heterocycles. The number of hydrogen-bond acceptors (Lipinski definition) is 3. The summed E-state index contributed by atoms with van der Waals surface area (Å²) in [5, 5.41) is 8.86. The van der Waals surface area contributed by atoms with E-state index in [-0.39, 0.29) is 6.54 Å². The Morgan fingerprint density at radius 2 is 2.57 bits per heavy atom. The van der Waals surface area contributed by atoms with E-state index in [1.54, 1.807) is 23.0 Å². The summed E-state index contributed by atoms with van der Waals surface area (Å²) in [7, 11) is 0. The monoisotopic (exact) mass is 194 g/mol. The number of imidazole rings is 2. The molecule has 0 saturated carbocycles. The number of nitrogens with one attached hydrogen (secondary N) is 1. The van der Waals surface area contributed by atoms with Crippen LogP contribution < -0.4 is 5.73 Å².